The lowest BCUT2D eigenvalue weighted by Gasteiger charge is -2.52. The van der Waals surface area contributed by atoms with Gasteiger partial charge < -0.3 is 10.0 Å². The molecule has 4 rings (SSSR count). The number of hydrogen-bond donors (Lipinski definition) is 1. The summed E-state index contributed by atoms with van der Waals surface area (Å²) in [6.45, 7) is 3.14. The van der Waals surface area contributed by atoms with Gasteiger partial charge in [-0.25, -0.2) is 4.79 Å². The van der Waals surface area contributed by atoms with Gasteiger partial charge in [-0.15, -0.1) is 0 Å². The standard InChI is InChI=1S/C20H25NO3/c1-13-8-10-21(17-3-2-4-17)19(24)20(13)9-7-14-11-15(18(22)23)5-6-16(14)12-20/h5-6,11,13,17H,2-4,7-10,12H2,1H3,(H,22,23). The Balaban J connectivity index is 1.65. The minimum Gasteiger partial charge on any atom is -0.478 e. The van der Waals surface area contributed by atoms with Gasteiger partial charge in [0.05, 0.1) is 11.0 Å². The maximum atomic E-state index is 13.4. The molecule has 128 valence electrons. The Labute approximate surface area is 142 Å². The topological polar surface area (TPSA) is 57.6 Å². The highest BCUT2D eigenvalue weighted by Crippen LogP contribution is 2.48. The third-order valence-corrected chi connectivity index (χ3v) is 6.75. The lowest BCUT2D eigenvalue weighted by molar-refractivity contribution is -0.157. The van der Waals surface area contributed by atoms with Crippen LogP contribution >= 0.6 is 0 Å². The zero-order valence-corrected chi connectivity index (χ0v) is 14.3. The quantitative estimate of drug-likeness (QED) is 0.907. The third-order valence-electron chi connectivity index (χ3n) is 6.75. The molecular weight excluding hydrogens is 302 g/mol. The molecule has 1 saturated heterocycles. The van der Waals surface area contributed by atoms with Gasteiger partial charge in [0, 0.05) is 12.6 Å². The van der Waals surface area contributed by atoms with Gasteiger partial charge in [0.2, 0.25) is 5.91 Å². The average molecular weight is 327 g/mol. The summed E-state index contributed by atoms with van der Waals surface area (Å²) in [7, 11) is 0. The Morgan fingerprint density at radius 3 is 2.71 bits per heavy atom. The largest absolute Gasteiger partial charge is 0.478 e. The van der Waals surface area contributed by atoms with Crippen LogP contribution in [-0.2, 0) is 17.6 Å². The molecule has 1 aliphatic heterocycles. The van der Waals surface area contributed by atoms with Crippen molar-refractivity contribution in [3.63, 3.8) is 0 Å². The molecule has 2 unspecified atom stereocenters. The van der Waals surface area contributed by atoms with Crippen LogP contribution in [0.4, 0.5) is 0 Å². The number of rotatable bonds is 2. The fraction of sp³-hybridized carbons (Fsp3) is 0.600. The zero-order chi connectivity index (χ0) is 16.9. The van der Waals surface area contributed by atoms with Crippen LogP contribution in [-0.4, -0.2) is 34.5 Å². The number of benzene rings is 1. The van der Waals surface area contributed by atoms with E-state index in [-0.39, 0.29) is 5.41 Å². The molecule has 24 heavy (non-hydrogen) atoms. The highest BCUT2D eigenvalue weighted by atomic mass is 16.4. The van der Waals surface area contributed by atoms with Crippen LogP contribution in [0.1, 0.15) is 60.5 Å². The minimum atomic E-state index is -0.878. The molecule has 0 radical (unpaired) electrons. The van der Waals surface area contributed by atoms with Crippen LogP contribution in [0.2, 0.25) is 0 Å². The summed E-state index contributed by atoms with van der Waals surface area (Å²) < 4.78 is 0. The van der Waals surface area contributed by atoms with Crippen molar-refractivity contribution in [2.45, 2.75) is 57.9 Å². The van der Waals surface area contributed by atoms with Gasteiger partial charge in [0.15, 0.2) is 0 Å². The van der Waals surface area contributed by atoms with Gasteiger partial charge >= 0.3 is 5.97 Å². The first-order valence-electron chi connectivity index (χ1n) is 9.17. The van der Waals surface area contributed by atoms with Crippen molar-refractivity contribution in [3.8, 4) is 0 Å². The number of carboxylic acid groups (broad SMARTS) is 1. The number of piperidine rings is 1. The van der Waals surface area contributed by atoms with E-state index < -0.39 is 5.97 Å². The number of aromatic carboxylic acids is 1. The monoisotopic (exact) mass is 327 g/mol. The first-order valence-corrected chi connectivity index (χ1v) is 9.17. The molecule has 4 nitrogen and oxygen atoms in total. The fourth-order valence-electron chi connectivity index (χ4n) is 4.81. The summed E-state index contributed by atoms with van der Waals surface area (Å²) in [5.74, 6) is -0.121. The SMILES string of the molecule is CC1CCN(C2CCC2)C(=O)C12CCc1cc(C(=O)O)ccc1C2. The third kappa shape index (κ3) is 2.27. The molecule has 2 atom stereocenters. The zero-order valence-electron chi connectivity index (χ0n) is 14.3. The number of fused-ring (bicyclic) bond motifs is 1. The second kappa shape index (κ2) is 5.61. The van der Waals surface area contributed by atoms with Crippen molar-refractivity contribution >= 4 is 11.9 Å². The number of carbonyl (C=O) groups excluding carboxylic acids is 1. The van der Waals surface area contributed by atoms with E-state index in [1.807, 2.05) is 6.07 Å². The molecule has 1 heterocycles. The maximum absolute atomic E-state index is 13.4. The van der Waals surface area contributed by atoms with Crippen molar-refractivity contribution < 1.29 is 14.7 Å². The first kappa shape index (κ1) is 15.7. The van der Waals surface area contributed by atoms with Gasteiger partial charge in [-0.1, -0.05) is 13.0 Å². The predicted octanol–water partition coefficient (Wildman–Crippen LogP) is 3.28. The summed E-state index contributed by atoms with van der Waals surface area (Å²) in [5.41, 5.74) is 2.36. The maximum Gasteiger partial charge on any atom is 0.335 e. The Kier molecular flexibility index (Phi) is 3.66. The van der Waals surface area contributed by atoms with Crippen LogP contribution in [0.15, 0.2) is 18.2 Å². The Bertz CT molecular complexity index is 694. The van der Waals surface area contributed by atoms with E-state index in [2.05, 4.69) is 11.8 Å². The molecule has 1 aromatic rings. The van der Waals surface area contributed by atoms with Crippen molar-refractivity contribution in [2.75, 3.05) is 6.54 Å². The molecule has 3 aliphatic rings. The lowest BCUT2D eigenvalue weighted by atomic mass is 9.61. The van der Waals surface area contributed by atoms with Crippen LogP contribution in [0.3, 0.4) is 0 Å². The van der Waals surface area contributed by atoms with Crippen LogP contribution in [0, 0.1) is 11.3 Å². The number of carboxylic acids is 1. The van der Waals surface area contributed by atoms with Gasteiger partial charge in [-0.2, -0.15) is 0 Å². The highest BCUT2D eigenvalue weighted by Gasteiger charge is 2.51. The van der Waals surface area contributed by atoms with Gasteiger partial charge in [0.1, 0.15) is 0 Å². The number of amides is 1. The molecule has 2 fully saturated rings. The molecule has 0 bridgehead atoms. The summed E-state index contributed by atoms with van der Waals surface area (Å²) in [6, 6.07) is 5.88. The molecule has 0 aromatic heterocycles. The number of nitrogens with zero attached hydrogens (tertiary/aromatic N) is 1. The van der Waals surface area contributed by atoms with Crippen molar-refractivity contribution in [3.05, 3.63) is 34.9 Å². The van der Waals surface area contributed by atoms with E-state index in [1.54, 1.807) is 12.1 Å². The number of carbonyl (C=O) groups is 2. The minimum absolute atomic E-state index is 0.272. The van der Waals surface area contributed by atoms with Crippen molar-refractivity contribution in [1.82, 2.24) is 4.90 Å². The number of hydrogen-bond acceptors (Lipinski definition) is 2. The van der Waals surface area contributed by atoms with E-state index in [1.165, 1.54) is 12.0 Å². The summed E-state index contributed by atoms with van der Waals surface area (Å²) in [5, 5.41) is 9.18. The molecule has 1 N–H and O–H groups in total. The van der Waals surface area contributed by atoms with Gasteiger partial charge in [-0.05, 0) is 74.1 Å². The van der Waals surface area contributed by atoms with Gasteiger partial charge in [0.25, 0.3) is 0 Å². The normalized spacial score (nSPS) is 30.1. The highest BCUT2D eigenvalue weighted by molar-refractivity contribution is 5.88. The fourth-order valence-corrected chi connectivity index (χ4v) is 4.81. The summed E-state index contributed by atoms with van der Waals surface area (Å²) >= 11 is 0. The number of aryl methyl sites for hydroxylation is 1. The summed E-state index contributed by atoms with van der Waals surface area (Å²) in [4.78, 5) is 26.7. The van der Waals surface area contributed by atoms with E-state index in [4.69, 9.17) is 0 Å². The van der Waals surface area contributed by atoms with E-state index in [0.717, 1.165) is 50.6 Å². The Morgan fingerprint density at radius 2 is 2.04 bits per heavy atom. The second-order valence-corrected chi connectivity index (χ2v) is 7.89. The molecule has 1 spiro atoms. The first-order chi connectivity index (χ1) is 11.5. The van der Waals surface area contributed by atoms with Crippen molar-refractivity contribution in [1.29, 1.82) is 0 Å². The number of likely N-dealkylation sites (tertiary alicyclic amines) is 1. The Morgan fingerprint density at radius 1 is 1.25 bits per heavy atom. The van der Waals surface area contributed by atoms with Crippen molar-refractivity contribution in [2.24, 2.45) is 11.3 Å². The van der Waals surface area contributed by atoms with Gasteiger partial charge in [-0.3, -0.25) is 4.79 Å². The van der Waals surface area contributed by atoms with Crippen LogP contribution in [0.25, 0.3) is 0 Å². The van der Waals surface area contributed by atoms with Crippen LogP contribution < -0.4 is 0 Å². The predicted molar refractivity (Wildman–Crippen MR) is 91.0 cm³/mol. The lowest BCUT2D eigenvalue weighted by Crippen LogP contribution is -2.59. The molecule has 1 amide bonds. The van der Waals surface area contributed by atoms with Crippen LogP contribution in [0.5, 0.6) is 0 Å². The molecular formula is C20H25NO3. The molecule has 4 heteroatoms. The van der Waals surface area contributed by atoms with E-state index in [0.29, 0.717) is 23.4 Å². The average Bonchev–Trinajstić information content (AvgIpc) is 2.53. The van der Waals surface area contributed by atoms with E-state index >= 15 is 0 Å². The molecule has 2 aliphatic carbocycles. The van der Waals surface area contributed by atoms with E-state index in [9.17, 15) is 14.7 Å². The smallest absolute Gasteiger partial charge is 0.335 e. The summed E-state index contributed by atoms with van der Waals surface area (Å²) in [6.07, 6.45) is 7.09. The second-order valence-electron chi connectivity index (χ2n) is 7.89. The molecule has 1 saturated carbocycles. The molecule has 1 aromatic carbocycles. The Hall–Kier alpha value is -1.84.